The molecular formula is C15H17Cl2N3. The Kier molecular flexibility index (Phi) is 4.84. The third kappa shape index (κ3) is 3.62. The third-order valence-electron chi connectivity index (χ3n) is 2.97. The van der Waals surface area contributed by atoms with Gasteiger partial charge in [-0.05, 0) is 24.6 Å². The number of nitrogens with zero attached hydrogens (tertiary/aromatic N) is 2. The molecule has 106 valence electrons. The van der Waals surface area contributed by atoms with Crippen LogP contribution < -0.4 is 5.32 Å². The summed E-state index contributed by atoms with van der Waals surface area (Å²) in [5, 5.41) is 4.52. The summed E-state index contributed by atoms with van der Waals surface area (Å²) < 4.78 is 0. The zero-order chi connectivity index (χ0) is 14.7. The Bertz CT molecular complexity index is 612. The molecule has 0 aliphatic heterocycles. The van der Waals surface area contributed by atoms with Crippen LogP contribution in [0.1, 0.15) is 36.7 Å². The molecule has 0 atom stereocenters. The number of anilines is 1. The molecule has 2 aromatic rings. The minimum absolute atomic E-state index is 0.236. The van der Waals surface area contributed by atoms with Crippen molar-refractivity contribution in [3.63, 3.8) is 0 Å². The first kappa shape index (κ1) is 15.1. The second-order valence-electron chi connectivity index (χ2n) is 4.98. The second-order valence-corrected chi connectivity index (χ2v) is 5.78. The van der Waals surface area contributed by atoms with Crippen molar-refractivity contribution in [2.75, 3.05) is 5.32 Å². The summed E-state index contributed by atoms with van der Waals surface area (Å²) >= 11 is 12.1. The van der Waals surface area contributed by atoms with E-state index in [1.54, 1.807) is 0 Å². The molecule has 0 aliphatic carbocycles. The number of benzene rings is 1. The molecule has 0 aliphatic rings. The molecule has 5 heteroatoms. The topological polar surface area (TPSA) is 37.8 Å². The van der Waals surface area contributed by atoms with Gasteiger partial charge in [0.15, 0.2) is 0 Å². The van der Waals surface area contributed by atoms with E-state index in [2.05, 4.69) is 15.3 Å². The van der Waals surface area contributed by atoms with Crippen LogP contribution in [0.5, 0.6) is 0 Å². The molecule has 20 heavy (non-hydrogen) atoms. The van der Waals surface area contributed by atoms with E-state index in [0.29, 0.717) is 11.7 Å². The number of aromatic nitrogens is 2. The van der Waals surface area contributed by atoms with Crippen molar-refractivity contribution in [2.45, 2.75) is 33.2 Å². The maximum absolute atomic E-state index is 6.16. The van der Waals surface area contributed by atoms with Crippen molar-refractivity contribution in [3.05, 3.63) is 51.4 Å². The van der Waals surface area contributed by atoms with E-state index in [-0.39, 0.29) is 5.92 Å². The Labute approximate surface area is 129 Å². The van der Waals surface area contributed by atoms with Crippen LogP contribution in [0.3, 0.4) is 0 Å². The lowest BCUT2D eigenvalue weighted by atomic mass is 10.2. The van der Waals surface area contributed by atoms with Gasteiger partial charge in [0, 0.05) is 23.0 Å². The highest BCUT2D eigenvalue weighted by Crippen LogP contribution is 2.23. The van der Waals surface area contributed by atoms with Gasteiger partial charge in [0.2, 0.25) is 0 Å². The van der Waals surface area contributed by atoms with Crippen molar-refractivity contribution < 1.29 is 0 Å². The maximum atomic E-state index is 6.16. The van der Waals surface area contributed by atoms with Gasteiger partial charge < -0.3 is 5.32 Å². The summed E-state index contributed by atoms with van der Waals surface area (Å²) in [5.74, 6) is 1.75. The van der Waals surface area contributed by atoms with Gasteiger partial charge in [0.1, 0.15) is 16.8 Å². The summed E-state index contributed by atoms with van der Waals surface area (Å²) in [6.45, 7) is 6.64. The normalized spacial score (nSPS) is 10.9. The van der Waals surface area contributed by atoms with Crippen LogP contribution in [0.15, 0.2) is 24.3 Å². The average Bonchev–Trinajstić information content (AvgIpc) is 2.40. The molecule has 1 aromatic heterocycles. The van der Waals surface area contributed by atoms with Crippen LogP contribution in [0.4, 0.5) is 5.82 Å². The van der Waals surface area contributed by atoms with Gasteiger partial charge >= 0.3 is 0 Å². The van der Waals surface area contributed by atoms with Crippen molar-refractivity contribution in [2.24, 2.45) is 0 Å². The van der Waals surface area contributed by atoms with Crippen LogP contribution in [0.2, 0.25) is 10.2 Å². The van der Waals surface area contributed by atoms with Crippen molar-refractivity contribution in [1.29, 1.82) is 0 Å². The Morgan fingerprint density at radius 1 is 1.20 bits per heavy atom. The molecule has 2 rings (SSSR count). The standard InChI is InChI=1S/C15H17Cl2N3/c1-9(2)14-19-13(17)10(3)15(20-14)18-8-11-5-4-6-12(16)7-11/h4-7,9H,8H2,1-3H3,(H,18,19,20). The van der Waals surface area contributed by atoms with Crippen LogP contribution in [-0.4, -0.2) is 9.97 Å². The summed E-state index contributed by atoms with van der Waals surface area (Å²) in [6, 6.07) is 7.73. The molecule has 0 unspecified atom stereocenters. The van der Waals surface area contributed by atoms with E-state index in [9.17, 15) is 0 Å². The molecule has 0 radical (unpaired) electrons. The number of nitrogens with one attached hydrogen (secondary N) is 1. The zero-order valence-electron chi connectivity index (χ0n) is 11.7. The smallest absolute Gasteiger partial charge is 0.137 e. The van der Waals surface area contributed by atoms with Gasteiger partial charge in [-0.3, -0.25) is 0 Å². The Hall–Kier alpha value is -1.32. The van der Waals surface area contributed by atoms with Crippen molar-refractivity contribution >= 4 is 29.0 Å². The van der Waals surface area contributed by atoms with E-state index in [4.69, 9.17) is 23.2 Å². The minimum Gasteiger partial charge on any atom is -0.366 e. The average molecular weight is 310 g/mol. The summed E-state index contributed by atoms with van der Waals surface area (Å²) in [5.41, 5.74) is 1.95. The highest BCUT2D eigenvalue weighted by molar-refractivity contribution is 6.30. The Morgan fingerprint density at radius 3 is 2.60 bits per heavy atom. The largest absolute Gasteiger partial charge is 0.366 e. The first-order valence-electron chi connectivity index (χ1n) is 6.49. The summed E-state index contributed by atoms with van der Waals surface area (Å²) in [6.07, 6.45) is 0. The highest BCUT2D eigenvalue weighted by atomic mass is 35.5. The maximum Gasteiger partial charge on any atom is 0.137 e. The molecule has 1 N–H and O–H groups in total. The number of hydrogen-bond donors (Lipinski definition) is 1. The van der Waals surface area contributed by atoms with Crippen molar-refractivity contribution in [1.82, 2.24) is 9.97 Å². The van der Waals surface area contributed by atoms with Crippen molar-refractivity contribution in [3.8, 4) is 0 Å². The Morgan fingerprint density at radius 2 is 1.95 bits per heavy atom. The fourth-order valence-corrected chi connectivity index (χ4v) is 2.16. The quantitative estimate of drug-likeness (QED) is 0.822. The van der Waals surface area contributed by atoms with E-state index in [1.165, 1.54) is 0 Å². The first-order chi connectivity index (χ1) is 9.47. The monoisotopic (exact) mass is 309 g/mol. The molecular weight excluding hydrogens is 293 g/mol. The van der Waals surface area contributed by atoms with E-state index < -0.39 is 0 Å². The zero-order valence-corrected chi connectivity index (χ0v) is 13.3. The fraction of sp³-hybridized carbons (Fsp3) is 0.333. The number of rotatable bonds is 4. The predicted octanol–water partition coefficient (Wildman–Crippen LogP) is 4.83. The van der Waals surface area contributed by atoms with Crippen LogP contribution in [0, 0.1) is 6.92 Å². The van der Waals surface area contributed by atoms with Gasteiger partial charge in [-0.25, -0.2) is 9.97 Å². The van der Waals surface area contributed by atoms with Crippen LogP contribution >= 0.6 is 23.2 Å². The summed E-state index contributed by atoms with van der Waals surface area (Å²) in [4.78, 5) is 8.83. The van der Waals surface area contributed by atoms with Gasteiger partial charge in [0.05, 0.1) is 0 Å². The molecule has 0 fully saturated rings. The van der Waals surface area contributed by atoms with Gasteiger partial charge in [-0.1, -0.05) is 49.2 Å². The predicted molar refractivity (Wildman–Crippen MR) is 84.6 cm³/mol. The van der Waals surface area contributed by atoms with E-state index in [0.717, 1.165) is 27.8 Å². The third-order valence-corrected chi connectivity index (χ3v) is 3.57. The molecule has 0 spiro atoms. The molecule has 0 saturated heterocycles. The van der Waals surface area contributed by atoms with E-state index >= 15 is 0 Å². The summed E-state index contributed by atoms with van der Waals surface area (Å²) in [7, 11) is 0. The molecule has 3 nitrogen and oxygen atoms in total. The van der Waals surface area contributed by atoms with Gasteiger partial charge in [-0.2, -0.15) is 0 Å². The SMILES string of the molecule is Cc1c(Cl)nc(C(C)C)nc1NCc1cccc(Cl)c1. The van der Waals surface area contributed by atoms with Gasteiger partial charge in [0.25, 0.3) is 0 Å². The molecule has 1 aromatic carbocycles. The molecule has 1 heterocycles. The lowest BCUT2D eigenvalue weighted by Crippen LogP contribution is -2.08. The molecule has 0 saturated carbocycles. The lowest BCUT2D eigenvalue weighted by molar-refractivity contribution is 0.771. The minimum atomic E-state index is 0.236. The number of hydrogen-bond acceptors (Lipinski definition) is 3. The first-order valence-corrected chi connectivity index (χ1v) is 7.25. The lowest BCUT2D eigenvalue weighted by Gasteiger charge is -2.13. The highest BCUT2D eigenvalue weighted by Gasteiger charge is 2.11. The van der Waals surface area contributed by atoms with Gasteiger partial charge in [-0.15, -0.1) is 0 Å². The Balaban J connectivity index is 2.20. The second kappa shape index (κ2) is 6.42. The van der Waals surface area contributed by atoms with Crippen LogP contribution in [0.25, 0.3) is 0 Å². The van der Waals surface area contributed by atoms with Crippen LogP contribution in [-0.2, 0) is 6.54 Å². The van der Waals surface area contributed by atoms with E-state index in [1.807, 2.05) is 45.0 Å². The fourth-order valence-electron chi connectivity index (χ4n) is 1.77. The molecule has 0 amide bonds. The number of halogens is 2. The molecule has 0 bridgehead atoms.